The molecule has 1 aromatic heterocycles. The first-order valence-corrected chi connectivity index (χ1v) is 8.39. The third-order valence-corrected chi connectivity index (χ3v) is 4.28. The number of morpholine rings is 1. The van der Waals surface area contributed by atoms with Gasteiger partial charge in [0.2, 0.25) is 0 Å². The Labute approximate surface area is 138 Å². The van der Waals surface area contributed by atoms with E-state index in [2.05, 4.69) is 46.5 Å². The van der Waals surface area contributed by atoms with E-state index in [-0.39, 0.29) is 0 Å². The maximum atomic E-state index is 5.43. The van der Waals surface area contributed by atoms with Crippen LogP contribution < -0.4 is 5.32 Å². The quantitative estimate of drug-likeness (QED) is 0.847. The van der Waals surface area contributed by atoms with E-state index in [0.29, 0.717) is 6.04 Å². The third kappa shape index (κ3) is 4.89. The molecule has 2 heterocycles. The molecular weight excluding hydrogens is 288 g/mol. The van der Waals surface area contributed by atoms with Gasteiger partial charge in [0.1, 0.15) is 0 Å². The van der Waals surface area contributed by atoms with E-state index in [0.717, 1.165) is 45.9 Å². The van der Waals surface area contributed by atoms with E-state index in [9.17, 15) is 0 Å². The van der Waals surface area contributed by atoms with E-state index < -0.39 is 0 Å². The molecule has 1 aromatic carbocycles. The topological polar surface area (TPSA) is 42.3 Å². The van der Waals surface area contributed by atoms with Crippen molar-refractivity contribution in [2.45, 2.75) is 32.6 Å². The van der Waals surface area contributed by atoms with Crippen molar-refractivity contribution >= 4 is 0 Å². The van der Waals surface area contributed by atoms with Gasteiger partial charge < -0.3 is 10.1 Å². The lowest BCUT2D eigenvalue weighted by Crippen LogP contribution is -2.36. The number of nitrogens with zero attached hydrogens (tertiary/aromatic N) is 3. The first-order chi connectivity index (χ1) is 11.3. The summed E-state index contributed by atoms with van der Waals surface area (Å²) in [5, 5.41) is 7.88. The molecule has 0 amide bonds. The minimum atomic E-state index is 0.381. The summed E-state index contributed by atoms with van der Waals surface area (Å²) >= 11 is 0. The Bertz CT molecular complexity index is 578. The van der Waals surface area contributed by atoms with Crippen molar-refractivity contribution in [1.82, 2.24) is 20.0 Å². The van der Waals surface area contributed by atoms with Crippen molar-refractivity contribution in [2.75, 3.05) is 26.3 Å². The molecule has 0 aliphatic carbocycles. The van der Waals surface area contributed by atoms with Gasteiger partial charge in [-0.05, 0) is 24.1 Å². The van der Waals surface area contributed by atoms with Gasteiger partial charge in [0.15, 0.2) is 0 Å². The predicted octanol–water partition coefficient (Wildman–Crippen LogP) is 1.89. The molecule has 124 valence electrons. The van der Waals surface area contributed by atoms with Gasteiger partial charge in [0, 0.05) is 44.6 Å². The van der Waals surface area contributed by atoms with Crippen LogP contribution in [0.1, 0.15) is 18.1 Å². The molecule has 5 nitrogen and oxygen atoms in total. The maximum absolute atomic E-state index is 5.43. The average Bonchev–Trinajstić information content (AvgIpc) is 3.08. The Morgan fingerprint density at radius 2 is 1.96 bits per heavy atom. The number of ether oxygens (including phenoxy) is 1. The van der Waals surface area contributed by atoms with E-state index >= 15 is 0 Å². The van der Waals surface area contributed by atoms with Crippen LogP contribution in [0.5, 0.6) is 0 Å². The number of hydrogen-bond donors (Lipinski definition) is 1. The molecule has 1 fully saturated rings. The summed E-state index contributed by atoms with van der Waals surface area (Å²) in [6, 6.07) is 11.1. The molecule has 1 aliphatic heterocycles. The van der Waals surface area contributed by atoms with Gasteiger partial charge in [-0.2, -0.15) is 5.10 Å². The van der Waals surface area contributed by atoms with Crippen LogP contribution in [0.4, 0.5) is 0 Å². The van der Waals surface area contributed by atoms with Crippen LogP contribution in [0.25, 0.3) is 0 Å². The summed E-state index contributed by atoms with van der Waals surface area (Å²) in [6.45, 7) is 8.74. The minimum absolute atomic E-state index is 0.381. The van der Waals surface area contributed by atoms with Crippen LogP contribution in [-0.4, -0.2) is 47.0 Å². The maximum Gasteiger partial charge on any atom is 0.0594 e. The highest BCUT2D eigenvalue weighted by Gasteiger charge is 2.13. The number of rotatable bonds is 7. The van der Waals surface area contributed by atoms with Crippen LogP contribution in [-0.2, 0) is 24.4 Å². The highest BCUT2D eigenvalue weighted by Crippen LogP contribution is 2.13. The molecule has 0 radical (unpaired) electrons. The second kappa shape index (κ2) is 8.24. The lowest BCUT2D eigenvalue weighted by Gasteiger charge is -2.27. The van der Waals surface area contributed by atoms with Gasteiger partial charge in [0.05, 0.1) is 19.8 Å². The molecule has 1 N–H and O–H groups in total. The van der Waals surface area contributed by atoms with Crippen LogP contribution in [0.2, 0.25) is 0 Å². The summed E-state index contributed by atoms with van der Waals surface area (Å²) in [5.41, 5.74) is 2.79. The first-order valence-electron chi connectivity index (χ1n) is 8.39. The Balaban J connectivity index is 1.54. The fourth-order valence-corrected chi connectivity index (χ4v) is 2.92. The SMILES string of the molecule is C[C@H](Cn1cccn1)NCc1ccccc1CN1CCOCC1. The lowest BCUT2D eigenvalue weighted by molar-refractivity contribution is 0.0340. The number of hydrogen-bond acceptors (Lipinski definition) is 4. The third-order valence-electron chi connectivity index (χ3n) is 4.28. The molecule has 0 saturated carbocycles. The monoisotopic (exact) mass is 314 g/mol. The van der Waals surface area contributed by atoms with Gasteiger partial charge in [-0.3, -0.25) is 9.58 Å². The van der Waals surface area contributed by atoms with Gasteiger partial charge >= 0.3 is 0 Å². The van der Waals surface area contributed by atoms with E-state index in [1.807, 2.05) is 23.1 Å². The standard InChI is InChI=1S/C18H26N4O/c1-16(14-22-8-4-7-20-22)19-13-17-5-2-3-6-18(17)15-21-9-11-23-12-10-21/h2-8,16,19H,9-15H2,1H3/t16-/m1/s1. The van der Waals surface area contributed by atoms with Crippen LogP contribution in [0.15, 0.2) is 42.7 Å². The molecule has 0 bridgehead atoms. The van der Waals surface area contributed by atoms with Gasteiger partial charge in [-0.15, -0.1) is 0 Å². The minimum Gasteiger partial charge on any atom is -0.379 e. The van der Waals surface area contributed by atoms with Crippen molar-refractivity contribution in [3.8, 4) is 0 Å². The highest BCUT2D eigenvalue weighted by molar-refractivity contribution is 5.27. The van der Waals surface area contributed by atoms with Gasteiger partial charge in [0.25, 0.3) is 0 Å². The Morgan fingerprint density at radius 1 is 1.17 bits per heavy atom. The molecule has 1 saturated heterocycles. The Hall–Kier alpha value is -1.69. The zero-order valence-corrected chi connectivity index (χ0v) is 13.8. The highest BCUT2D eigenvalue weighted by atomic mass is 16.5. The number of aromatic nitrogens is 2. The predicted molar refractivity (Wildman–Crippen MR) is 91.1 cm³/mol. The average molecular weight is 314 g/mol. The van der Waals surface area contributed by atoms with E-state index in [4.69, 9.17) is 4.74 Å². The molecule has 2 aromatic rings. The molecule has 1 atom stereocenters. The van der Waals surface area contributed by atoms with Gasteiger partial charge in [-0.1, -0.05) is 24.3 Å². The number of benzene rings is 1. The number of nitrogens with one attached hydrogen (secondary N) is 1. The molecule has 23 heavy (non-hydrogen) atoms. The molecule has 0 spiro atoms. The molecule has 5 heteroatoms. The first kappa shape index (κ1) is 16.2. The van der Waals surface area contributed by atoms with Crippen LogP contribution in [0.3, 0.4) is 0 Å². The molecule has 0 unspecified atom stereocenters. The van der Waals surface area contributed by atoms with Crippen molar-refractivity contribution in [3.05, 3.63) is 53.9 Å². The summed E-state index contributed by atoms with van der Waals surface area (Å²) < 4.78 is 7.40. The van der Waals surface area contributed by atoms with Crippen LogP contribution >= 0.6 is 0 Å². The second-order valence-corrected chi connectivity index (χ2v) is 6.17. The lowest BCUT2D eigenvalue weighted by atomic mass is 10.1. The van der Waals surface area contributed by atoms with E-state index in [1.54, 1.807) is 0 Å². The zero-order valence-electron chi connectivity index (χ0n) is 13.8. The van der Waals surface area contributed by atoms with E-state index in [1.165, 1.54) is 11.1 Å². The summed E-state index contributed by atoms with van der Waals surface area (Å²) in [7, 11) is 0. The van der Waals surface area contributed by atoms with Crippen molar-refractivity contribution in [1.29, 1.82) is 0 Å². The molecule has 1 aliphatic rings. The fourth-order valence-electron chi connectivity index (χ4n) is 2.92. The van der Waals surface area contributed by atoms with Crippen molar-refractivity contribution < 1.29 is 4.74 Å². The van der Waals surface area contributed by atoms with Crippen LogP contribution in [0, 0.1) is 0 Å². The molecular formula is C18H26N4O. The van der Waals surface area contributed by atoms with Crippen molar-refractivity contribution in [2.24, 2.45) is 0 Å². The van der Waals surface area contributed by atoms with Crippen molar-refractivity contribution in [3.63, 3.8) is 0 Å². The largest absolute Gasteiger partial charge is 0.379 e. The summed E-state index contributed by atoms with van der Waals surface area (Å²) in [5.74, 6) is 0. The summed E-state index contributed by atoms with van der Waals surface area (Å²) in [4.78, 5) is 2.47. The Kier molecular flexibility index (Phi) is 5.80. The summed E-state index contributed by atoms with van der Waals surface area (Å²) in [6.07, 6.45) is 3.83. The smallest absolute Gasteiger partial charge is 0.0594 e. The zero-order chi connectivity index (χ0) is 15.9. The normalized spacial score (nSPS) is 17.3. The van der Waals surface area contributed by atoms with Gasteiger partial charge in [-0.25, -0.2) is 0 Å². The molecule has 3 rings (SSSR count). The second-order valence-electron chi connectivity index (χ2n) is 6.17. The fraction of sp³-hybridized carbons (Fsp3) is 0.500. The Morgan fingerprint density at radius 3 is 2.70 bits per heavy atom.